The summed E-state index contributed by atoms with van der Waals surface area (Å²) in [5.74, 6) is 0. The van der Waals surface area contributed by atoms with Crippen molar-refractivity contribution in [2.75, 3.05) is 13.1 Å². The van der Waals surface area contributed by atoms with Crippen LogP contribution in [0.25, 0.3) is 16.5 Å². The molecule has 3 rings (SSSR count). The number of aromatic nitrogens is 1. The third-order valence-corrected chi connectivity index (χ3v) is 4.07. The summed E-state index contributed by atoms with van der Waals surface area (Å²) in [6, 6.07) is 6.15. The second-order valence-corrected chi connectivity index (χ2v) is 5.30. The maximum atomic E-state index is 6.15. The lowest BCUT2D eigenvalue weighted by atomic mass is 9.97. The van der Waals surface area contributed by atoms with E-state index in [1.165, 1.54) is 27.7 Å². The standard InChI is InChI=1S/C15H17ClN2/c1-10-15(11-5-7-17-8-6-11)13-9-12(16)3-4-14(13)18(10)2/h3-5,9,17H,6-8H2,1-2H3. The minimum absolute atomic E-state index is 0.809. The summed E-state index contributed by atoms with van der Waals surface area (Å²) in [7, 11) is 2.12. The number of fused-ring (bicyclic) bond motifs is 1. The highest BCUT2D eigenvalue weighted by Crippen LogP contribution is 2.34. The molecule has 1 aliphatic rings. The van der Waals surface area contributed by atoms with Crippen molar-refractivity contribution in [2.45, 2.75) is 13.3 Å². The summed E-state index contributed by atoms with van der Waals surface area (Å²) in [6.45, 7) is 4.21. The first-order chi connectivity index (χ1) is 8.68. The van der Waals surface area contributed by atoms with Gasteiger partial charge in [0.15, 0.2) is 0 Å². The molecule has 2 heterocycles. The molecule has 18 heavy (non-hydrogen) atoms. The van der Waals surface area contributed by atoms with Crippen LogP contribution in [0.4, 0.5) is 0 Å². The third kappa shape index (κ3) is 1.76. The van der Waals surface area contributed by atoms with Crippen molar-refractivity contribution in [1.82, 2.24) is 9.88 Å². The second-order valence-electron chi connectivity index (χ2n) is 4.86. The van der Waals surface area contributed by atoms with E-state index in [9.17, 15) is 0 Å². The maximum Gasteiger partial charge on any atom is 0.0487 e. The number of halogens is 1. The predicted octanol–water partition coefficient (Wildman–Crippen LogP) is 3.52. The highest BCUT2D eigenvalue weighted by molar-refractivity contribution is 6.31. The van der Waals surface area contributed by atoms with Crippen LogP contribution in [0.5, 0.6) is 0 Å². The molecule has 1 N–H and O–H groups in total. The van der Waals surface area contributed by atoms with Gasteiger partial charge in [0.2, 0.25) is 0 Å². The van der Waals surface area contributed by atoms with Crippen LogP contribution in [0, 0.1) is 6.92 Å². The lowest BCUT2D eigenvalue weighted by molar-refractivity contribution is 0.738. The Morgan fingerprint density at radius 2 is 2.17 bits per heavy atom. The fourth-order valence-corrected chi connectivity index (χ4v) is 2.97. The molecule has 0 bridgehead atoms. The zero-order valence-electron chi connectivity index (χ0n) is 10.8. The summed E-state index contributed by atoms with van der Waals surface area (Å²) in [5, 5.41) is 5.44. The molecule has 1 aromatic heterocycles. The van der Waals surface area contributed by atoms with Crippen LogP contribution in [0.3, 0.4) is 0 Å². The van der Waals surface area contributed by atoms with Crippen molar-refractivity contribution in [3.63, 3.8) is 0 Å². The van der Waals surface area contributed by atoms with E-state index in [0.717, 1.165) is 24.5 Å². The van der Waals surface area contributed by atoms with Gasteiger partial charge < -0.3 is 9.88 Å². The van der Waals surface area contributed by atoms with Gasteiger partial charge in [0, 0.05) is 40.8 Å². The minimum atomic E-state index is 0.809. The van der Waals surface area contributed by atoms with Gasteiger partial charge in [-0.25, -0.2) is 0 Å². The Balaban J connectivity index is 2.30. The van der Waals surface area contributed by atoms with Crippen LogP contribution >= 0.6 is 11.6 Å². The predicted molar refractivity (Wildman–Crippen MR) is 78.1 cm³/mol. The molecule has 0 unspecified atom stereocenters. The third-order valence-electron chi connectivity index (χ3n) is 3.84. The molecular formula is C15H17ClN2. The molecule has 1 aliphatic heterocycles. The average Bonchev–Trinajstić information content (AvgIpc) is 2.63. The highest BCUT2D eigenvalue weighted by Gasteiger charge is 2.16. The summed E-state index contributed by atoms with van der Waals surface area (Å²) < 4.78 is 2.25. The van der Waals surface area contributed by atoms with Gasteiger partial charge in [-0.3, -0.25) is 0 Å². The van der Waals surface area contributed by atoms with E-state index in [-0.39, 0.29) is 0 Å². The van der Waals surface area contributed by atoms with Crippen LogP contribution in [-0.2, 0) is 7.05 Å². The number of benzene rings is 1. The van der Waals surface area contributed by atoms with Crippen LogP contribution in [0.2, 0.25) is 5.02 Å². The van der Waals surface area contributed by atoms with Crippen LogP contribution in [0.15, 0.2) is 24.3 Å². The van der Waals surface area contributed by atoms with Crippen molar-refractivity contribution in [3.05, 3.63) is 40.6 Å². The van der Waals surface area contributed by atoms with E-state index < -0.39 is 0 Å². The number of nitrogens with one attached hydrogen (secondary N) is 1. The smallest absolute Gasteiger partial charge is 0.0487 e. The monoisotopic (exact) mass is 260 g/mol. The van der Waals surface area contributed by atoms with Gasteiger partial charge in [0.05, 0.1) is 0 Å². The molecule has 3 heteroatoms. The number of hydrogen-bond acceptors (Lipinski definition) is 1. The summed E-state index contributed by atoms with van der Waals surface area (Å²) in [6.07, 6.45) is 3.39. The van der Waals surface area contributed by atoms with Gasteiger partial charge in [-0.05, 0) is 43.7 Å². The van der Waals surface area contributed by atoms with Gasteiger partial charge >= 0.3 is 0 Å². The van der Waals surface area contributed by atoms with Crippen molar-refractivity contribution < 1.29 is 0 Å². The molecule has 0 saturated carbocycles. The Morgan fingerprint density at radius 3 is 2.89 bits per heavy atom. The quantitative estimate of drug-likeness (QED) is 0.830. The van der Waals surface area contributed by atoms with Gasteiger partial charge in [-0.2, -0.15) is 0 Å². The second kappa shape index (κ2) is 4.45. The fraction of sp³-hybridized carbons (Fsp3) is 0.333. The summed E-state index contributed by atoms with van der Waals surface area (Å²) >= 11 is 6.15. The van der Waals surface area contributed by atoms with Gasteiger partial charge in [-0.1, -0.05) is 17.7 Å². The molecular weight excluding hydrogens is 244 g/mol. The molecule has 1 aromatic carbocycles. The van der Waals surface area contributed by atoms with E-state index in [2.05, 4.69) is 42.1 Å². The van der Waals surface area contributed by atoms with E-state index >= 15 is 0 Å². The highest BCUT2D eigenvalue weighted by atomic mass is 35.5. The molecule has 0 amide bonds. The summed E-state index contributed by atoms with van der Waals surface area (Å²) in [4.78, 5) is 0. The van der Waals surface area contributed by atoms with E-state index in [0.29, 0.717) is 0 Å². The molecule has 0 fully saturated rings. The molecule has 2 nitrogen and oxygen atoms in total. The molecule has 0 spiro atoms. The minimum Gasteiger partial charge on any atom is -0.347 e. The van der Waals surface area contributed by atoms with Crippen molar-refractivity contribution in [1.29, 1.82) is 0 Å². The lowest BCUT2D eigenvalue weighted by Crippen LogP contribution is -2.20. The summed E-state index contributed by atoms with van der Waals surface area (Å²) in [5.41, 5.74) is 5.39. The number of aryl methyl sites for hydroxylation is 1. The molecule has 0 atom stereocenters. The number of hydrogen-bond donors (Lipinski definition) is 1. The average molecular weight is 261 g/mol. The Hall–Kier alpha value is -1.25. The molecule has 0 aliphatic carbocycles. The maximum absolute atomic E-state index is 6.15. The Kier molecular flexibility index (Phi) is 2.92. The first-order valence-corrected chi connectivity index (χ1v) is 6.71. The van der Waals surface area contributed by atoms with Gasteiger partial charge in [0.1, 0.15) is 0 Å². The van der Waals surface area contributed by atoms with Gasteiger partial charge in [-0.15, -0.1) is 0 Å². The van der Waals surface area contributed by atoms with Gasteiger partial charge in [0.25, 0.3) is 0 Å². The van der Waals surface area contributed by atoms with Crippen LogP contribution < -0.4 is 5.32 Å². The Labute approximate surface area is 112 Å². The largest absolute Gasteiger partial charge is 0.347 e. The fourth-order valence-electron chi connectivity index (χ4n) is 2.80. The first kappa shape index (κ1) is 11.8. The van der Waals surface area contributed by atoms with E-state index in [1.54, 1.807) is 0 Å². The molecule has 0 radical (unpaired) electrons. The normalized spacial score (nSPS) is 16.1. The van der Waals surface area contributed by atoms with Crippen molar-refractivity contribution in [3.8, 4) is 0 Å². The molecule has 0 saturated heterocycles. The molecule has 94 valence electrons. The number of rotatable bonds is 1. The van der Waals surface area contributed by atoms with Crippen LogP contribution in [-0.4, -0.2) is 17.7 Å². The first-order valence-electron chi connectivity index (χ1n) is 6.33. The lowest BCUT2D eigenvalue weighted by Gasteiger charge is -2.14. The van der Waals surface area contributed by atoms with Crippen molar-refractivity contribution >= 4 is 28.1 Å². The Morgan fingerprint density at radius 1 is 1.33 bits per heavy atom. The zero-order chi connectivity index (χ0) is 12.7. The Bertz CT molecular complexity index is 637. The molecule has 2 aromatic rings. The SMILES string of the molecule is Cc1c(C2=CCNCC2)c2cc(Cl)ccc2n1C. The number of nitrogens with zero attached hydrogens (tertiary/aromatic N) is 1. The van der Waals surface area contributed by atoms with E-state index in [4.69, 9.17) is 11.6 Å². The van der Waals surface area contributed by atoms with E-state index in [1.807, 2.05) is 6.07 Å². The zero-order valence-corrected chi connectivity index (χ0v) is 11.5. The topological polar surface area (TPSA) is 17.0 Å². The van der Waals surface area contributed by atoms with Crippen LogP contribution in [0.1, 0.15) is 17.7 Å². The van der Waals surface area contributed by atoms with Crippen molar-refractivity contribution in [2.24, 2.45) is 7.05 Å².